The first-order chi connectivity index (χ1) is 7.19. The Kier molecular flexibility index (Phi) is 5.96. The molecule has 5 nitrogen and oxygen atoms in total. The minimum Gasteiger partial charge on any atom is -0.342 e. The molecule has 2 atom stereocenters. The average molecular weight is 250 g/mol. The predicted octanol–water partition coefficient (Wildman–Crippen LogP) is 0.00530. The Balaban J connectivity index is 4.29. The second-order valence-corrected chi connectivity index (χ2v) is 6.49. The Morgan fingerprint density at radius 3 is 2.31 bits per heavy atom. The predicted molar refractivity (Wildman–Crippen MR) is 64.8 cm³/mol. The van der Waals surface area contributed by atoms with Crippen LogP contribution >= 0.6 is 0 Å². The maximum Gasteiger partial charge on any atom is 0.239 e. The zero-order chi connectivity index (χ0) is 12.9. The largest absolute Gasteiger partial charge is 0.342 e. The van der Waals surface area contributed by atoms with Crippen LogP contribution in [0.1, 0.15) is 26.7 Å². The van der Waals surface area contributed by atoms with Gasteiger partial charge in [0.25, 0.3) is 0 Å². The molecule has 0 aromatic rings. The number of sulfone groups is 1. The van der Waals surface area contributed by atoms with Crippen molar-refractivity contribution in [2.24, 2.45) is 5.73 Å². The van der Waals surface area contributed by atoms with Gasteiger partial charge in [0.1, 0.15) is 9.84 Å². The van der Waals surface area contributed by atoms with Crippen molar-refractivity contribution in [3.63, 3.8) is 0 Å². The molecular formula is C10H22N2O3S. The topological polar surface area (TPSA) is 80.5 Å². The monoisotopic (exact) mass is 250 g/mol. The van der Waals surface area contributed by atoms with E-state index >= 15 is 0 Å². The van der Waals surface area contributed by atoms with Gasteiger partial charge in [0.05, 0.1) is 11.8 Å². The molecule has 16 heavy (non-hydrogen) atoms. The summed E-state index contributed by atoms with van der Waals surface area (Å²) in [6, 6.07) is -0.606. The number of nitrogens with zero attached hydrogens (tertiary/aromatic N) is 1. The summed E-state index contributed by atoms with van der Waals surface area (Å²) in [4.78, 5) is 13.3. The van der Waals surface area contributed by atoms with E-state index in [1.165, 1.54) is 0 Å². The van der Waals surface area contributed by atoms with Crippen molar-refractivity contribution in [1.29, 1.82) is 0 Å². The van der Waals surface area contributed by atoms with E-state index in [1.54, 1.807) is 11.9 Å². The van der Waals surface area contributed by atoms with Gasteiger partial charge in [0.2, 0.25) is 5.91 Å². The smallest absolute Gasteiger partial charge is 0.239 e. The third kappa shape index (κ3) is 5.46. The SMILES string of the molecule is CCC(C)N(C)C(=O)C(N)CCS(C)(=O)=O. The van der Waals surface area contributed by atoms with Gasteiger partial charge in [-0.15, -0.1) is 0 Å². The molecule has 0 spiro atoms. The van der Waals surface area contributed by atoms with Crippen LogP contribution < -0.4 is 5.73 Å². The first-order valence-corrected chi connectivity index (χ1v) is 7.45. The average Bonchev–Trinajstić information content (AvgIpc) is 2.21. The lowest BCUT2D eigenvalue weighted by Gasteiger charge is -2.26. The molecule has 0 aliphatic carbocycles. The van der Waals surface area contributed by atoms with E-state index in [2.05, 4.69) is 0 Å². The molecular weight excluding hydrogens is 228 g/mol. The number of nitrogens with two attached hydrogens (primary N) is 1. The third-order valence-electron chi connectivity index (χ3n) is 2.72. The molecule has 0 aliphatic rings. The van der Waals surface area contributed by atoms with Crippen molar-refractivity contribution >= 4 is 15.7 Å². The minimum atomic E-state index is -3.05. The molecule has 0 saturated carbocycles. The molecule has 0 heterocycles. The number of carbonyl (C=O) groups excluding carboxylic acids is 1. The summed E-state index contributed by atoms with van der Waals surface area (Å²) in [6.45, 7) is 3.91. The van der Waals surface area contributed by atoms with E-state index in [1.807, 2.05) is 13.8 Å². The van der Waals surface area contributed by atoms with Gasteiger partial charge in [-0.3, -0.25) is 4.79 Å². The lowest BCUT2D eigenvalue weighted by atomic mass is 10.1. The van der Waals surface area contributed by atoms with Gasteiger partial charge in [0.15, 0.2) is 0 Å². The standard InChI is InChI=1S/C10H22N2O3S/c1-5-8(2)12(3)10(13)9(11)6-7-16(4,14)15/h8-9H,5-7,11H2,1-4H3. The summed E-state index contributed by atoms with van der Waals surface area (Å²) in [5, 5.41) is 0. The van der Waals surface area contributed by atoms with Gasteiger partial charge < -0.3 is 10.6 Å². The lowest BCUT2D eigenvalue weighted by Crippen LogP contribution is -2.46. The Bertz CT molecular complexity index is 327. The molecule has 96 valence electrons. The van der Waals surface area contributed by atoms with Gasteiger partial charge >= 0.3 is 0 Å². The Morgan fingerprint density at radius 1 is 1.44 bits per heavy atom. The van der Waals surface area contributed by atoms with Crippen molar-refractivity contribution in [3.8, 4) is 0 Å². The van der Waals surface area contributed by atoms with Gasteiger partial charge in [0, 0.05) is 19.3 Å². The molecule has 0 saturated heterocycles. The van der Waals surface area contributed by atoms with Crippen LogP contribution in [0.15, 0.2) is 0 Å². The molecule has 0 aliphatic heterocycles. The molecule has 0 rings (SSSR count). The van der Waals surface area contributed by atoms with E-state index < -0.39 is 15.9 Å². The van der Waals surface area contributed by atoms with Gasteiger partial charge in [-0.25, -0.2) is 8.42 Å². The molecule has 2 N–H and O–H groups in total. The Hall–Kier alpha value is -0.620. The number of hydrogen-bond acceptors (Lipinski definition) is 4. The van der Waals surface area contributed by atoms with Crippen molar-refractivity contribution in [2.45, 2.75) is 38.8 Å². The molecule has 2 unspecified atom stereocenters. The fraction of sp³-hybridized carbons (Fsp3) is 0.900. The second kappa shape index (κ2) is 6.20. The maximum atomic E-state index is 11.8. The zero-order valence-electron chi connectivity index (χ0n) is 10.4. The highest BCUT2D eigenvalue weighted by Gasteiger charge is 2.21. The van der Waals surface area contributed by atoms with Crippen molar-refractivity contribution < 1.29 is 13.2 Å². The number of amides is 1. The Labute approximate surface area is 97.9 Å². The van der Waals surface area contributed by atoms with Crippen LogP contribution in [-0.2, 0) is 14.6 Å². The van der Waals surface area contributed by atoms with Crippen LogP contribution in [0.4, 0.5) is 0 Å². The number of carbonyl (C=O) groups is 1. The molecule has 0 fully saturated rings. The van der Waals surface area contributed by atoms with E-state index in [0.717, 1.165) is 12.7 Å². The molecule has 1 amide bonds. The van der Waals surface area contributed by atoms with E-state index in [4.69, 9.17) is 5.73 Å². The summed E-state index contributed by atoms with van der Waals surface area (Å²) in [7, 11) is -1.36. The molecule has 6 heteroatoms. The molecule has 0 radical (unpaired) electrons. The number of hydrogen-bond donors (Lipinski definition) is 1. The molecule has 0 bridgehead atoms. The fourth-order valence-corrected chi connectivity index (χ4v) is 1.90. The van der Waals surface area contributed by atoms with Gasteiger partial charge in [-0.05, 0) is 19.8 Å². The van der Waals surface area contributed by atoms with Crippen molar-refractivity contribution in [1.82, 2.24) is 4.90 Å². The summed E-state index contributed by atoms with van der Waals surface area (Å²) in [5.41, 5.74) is 5.66. The zero-order valence-corrected chi connectivity index (χ0v) is 11.3. The highest BCUT2D eigenvalue weighted by atomic mass is 32.2. The quantitative estimate of drug-likeness (QED) is 0.720. The van der Waals surface area contributed by atoms with Crippen LogP contribution in [0.5, 0.6) is 0 Å². The van der Waals surface area contributed by atoms with Crippen LogP contribution in [0, 0.1) is 0 Å². The highest BCUT2D eigenvalue weighted by molar-refractivity contribution is 7.90. The van der Waals surface area contributed by atoms with Crippen molar-refractivity contribution in [3.05, 3.63) is 0 Å². The first kappa shape index (κ1) is 15.4. The Morgan fingerprint density at radius 2 is 1.94 bits per heavy atom. The van der Waals surface area contributed by atoms with Crippen LogP contribution in [0.2, 0.25) is 0 Å². The van der Waals surface area contributed by atoms with E-state index in [9.17, 15) is 13.2 Å². The summed E-state index contributed by atoms with van der Waals surface area (Å²) >= 11 is 0. The summed E-state index contributed by atoms with van der Waals surface area (Å²) in [5.74, 6) is -0.244. The summed E-state index contributed by atoms with van der Waals surface area (Å²) in [6.07, 6.45) is 2.17. The number of likely N-dealkylation sites (N-methyl/N-ethyl adjacent to an activating group) is 1. The first-order valence-electron chi connectivity index (χ1n) is 5.39. The molecule has 0 aromatic carbocycles. The second-order valence-electron chi connectivity index (χ2n) is 4.23. The maximum absolute atomic E-state index is 11.8. The highest BCUT2D eigenvalue weighted by Crippen LogP contribution is 2.04. The van der Waals surface area contributed by atoms with E-state index in [-0.39, 0.29) is 24.1 Å². The minimum absolute atomic E-state index is 0.0474. The third-order valence-corrected chi connectivity index (χ3v) is 3.69. The van der Waals surface area contributed by atoms with Crippen LogP contribution in [0.3, 0.4) is 0 Å². The van der Waals surface area contributed by atoms with Crippen LogP contribution in [-0.4, -0.2) is 50.4 Å². The molecule has 0 aromatic heterocycles. The normalized spacial score (nSPS) is 15.6. The van der Waals surface area contributed by atoms with Gasteiger partial charge in [-0.1, -0.05) is 6.92 Å². The summed E-state index contributed by atoms with van der Waals surface area (Å²) < 4.78 is 21.9. The van der Waals surface area contributed by atoms with Gasteiger partial charge in [-0.2, -0.15) is 0 Å². The lowest BCUT2D eigenvalue weighted by molar-refractivity contribution is -0.133. The van der Waals surface area contributed by atoms with Crippen LogP contribution in [0.25, 0.3) is 0 Å². The van der Waals surface area contributed by atoms with E-state index in [0.29, 0.717) is 0 Å². The number of rotatable bonds is 6. The fourth-order valence-electron chi connectivity index (χ4n) is 1.22. The van der Waals surface area contributed by atoms with Crippen molar-refractivity contribution in [2.75, 3.05) is 19.1 Å².